The van der Waals surface area contributed by atoms with Gasteiger partial charge < -0.3 is 15.4 Å². The van der Waals surface area contributed by atoms with Gasteiger partial charge >= 0.3 is 12.2 Å². The molecular weight excluding hydrogens is 490 g/mol. The zero-order valence-corrected chi connectivity index (χ0v) is 19.2. The van der Waals surface area contributed by atoms with E-state index in [1.165, 1.54) is 12.1 Å². The number of urea groups is 1. The summed E-state index contributed by atoms with van der Waals surface area (Å²) >= 11 is 0. The number of benzene rings is 2. The lowest BCUT2D eigenvalue weighted by Gasteiger charge is -2.19. The molecule has 0 spiro atoms. The molecule has 4 rings (SSSR count). The minimum atomic E-state index is -4.93. The lowest BCUT2D eigenvalue weighted by atomic mass is 10.00. The number of alkyl halides is 3. The lowest BCUT2D eigenvalue weighted by Crippen LogP contribution is -2.26. The first-order valence-corrected chi connectivity index (χ1v) is 12.4. The first kappa shape index (κ1) is 25.1. The van der Waals surface area contributed by atoms with Gasteiger partial charge in [0.15, 0.2) is 0 Å². The molecule has 3 N–H and O–H groups in total. The van der Waals surface area contributed by atoms with Crippen LogP contribution in [0.1, 0.15) is 30.4 Å². The van der Waals surface area contributed by atoms with Crippen molar-refractivity contribution in [3.05, 3.63) is 59.4 Å². The Hall–Kier alpha value is -2.96. The second-order valence-corrected chi connectivity index (χ2v) is 10.1. The summed E-state index contributed by atoms with van der Waals surface area (Å²) in [6.07, 6.45) is -0.683. The van der Waals surface area contributed by atoms with Gasteiger partial charge in [-0.05, 0) is 61.1 Å². The highest BCUT2D eigenvalue weighted by molar-refractivity contribution is 7.89. The third kappa shape index (κ3) is 6.38. The van der Waals surface area contributed by atoms with Gasteiger partial charge in [-0.3, -0.25) is 0 Å². The number of rotatable bonds is 7. The monoisotopic (exact) mass is 513 g/mol. The maximum Gasteiger partial charge on any atom is 0.419 e. The van der Waals surface area contributed by atoms with E-state index in [2.05, 4.69) is 15.4 Å². The minimum Gasteiger partial charge on any atom is -0.377 e. The zero-order chi connectivity index (χ0) is 25.2. The molecule has 0 atom stereocenters. The molecule has 1 aliphatic heterocycles. The minimum absolute atomic E-state index is 0.0639. The van der Waals surface area contributed by atoms with Gasteiger partial charge in [0.1, 0.15) is 5.82 Å². The smallest absolute Gasteiger partial charge is 0.377 e. The molecule has 1 fully saturated rings. The number of anilines is 2. The summed E-state index contributed by atoms with van der Waals surface area (Å²) in [5.74, 6) is -1.15. The Morgan fingerprint density at radius 1 is 1.09 bits per heavy atom. The quantitative estimate of drug-likeness (QED) is 0.455. The summed E-state index contributed by atoms with van der Waals surface area (Å²) in [5.41, 5.74) is -0.263. The maximum atomic E-state index is 13.6. The molecule has 35 heavy (non-hydrogen) atoms. The summed E-state index contributed by atoms with van der Waals surface area (Å²) < 4.78 is 85.9. The number of hydrogen-bond donors (Lipinski definition) is 3. The number of halogens is 4. The molecule has 0 aromatic heterocycles. The Morgan fingerprint density at radius 3 is 2.51 bits per heavy atom. The first-order valence-electron chi connectivity index (χ1n) is 10.9. The van der Waals surface area contributed by atoms with E-state index in [0.29, 0.717) is 49.8 Å². The molecule has 2 aromatic carbocycles. The summed E-state index contributed by atoms with van der Waals surface area (Å²) in [6, 6.07) is 5.47. The molecule has 0 unspecified atom stereocenters. The van der Waals surface area contributed by atoms with E-state index in [9.17, 15) is 30.8 Å². The molecule has 0 radical (unpaired) electrons. The predicted molar refractivity (Wildman–Crippen MR) is 122 cm³/mol. The third-order valence-electron chi connectivity index (χ3n) is 5.65. The molecule has 188 valence electrons. The van der Waals surface area contributed by atoms with Crippen molar-refractivity contribution in [1.29, 1.82) is 0 Å². The van der Waals surface area contributed by atoms with Crippen LogP contribution in [0.25, 0.3) is 5.57 Å². The van der Waals surface area contributed by atoms with Crippen molar-refractivity contribution < 1.29 is 35.5 Å². The standard InChI is InChI=1S/C23H23F4N3O4S/c24-20-6-3-16(11-19(20)23(25,26)27)29-22(31)30-21-12-17(35(32,33)28-13-14-1-2-14)4-5-18(21)15-7-9-34-10-8-15/h3-7,11-12,14,28H,1-2,8-10,13H2,(H2,29,30,31). The highest BCUT2D eigenvalue weighted by Gasteiger charge is 2.34. The molecule has 2 aliphatic rings. The molecule has 1 saturated carbocycles. The van der Waals surface area contributed by atoms with Gasteiger partial charge in [-0.1, -0.05) is 12.1 Å². The Balaban J connectivity index is 1.60. The van der Waals surface area contributed by atoms with Crippen LogP contribution in [0.3, 0.4) is 0 Å². The molecule has 0 saturated heterocycles. The van der Waals surface area contributed by atoms with Crippen LogP contribution >= 0.6 is 0 Å². The Bertz CT molecular complexity index is 1260. The molecular formula is C23H23F4N3O4S. The van der Waals surface area contributed by atoms with Crippen molar-refractivity contribution in [2.75, 3.05) is 30.4 Å². The van der Waals surface area contributed by atoms with E-state index < -0.39 is 33.6 Å². The van der Waals surface area contributed by atoms with E-state index in [4.69, 9.17) is 4.74 Å². The molecule has 1 heterocycles. The summed E-state index contributed by atoms with van der Waals surface area (Å²) in [4.78, 5) is 12.6. The van der Waals surface area contributed by atoms with E-state index in [1.54, 1.807) is 12.1 Å². The molecule has 2 aromatic rings. The molecule has 1 aliphatic carbocycles. The van der Waals surface area contributed by atoms with Crippen LogP contribution in [0.4, 0.5) is 33.7 Å². The van der Waals surface area contributed by atoms with Gasteiger partial charge in [-0.25, -0.2) is 22.3 Å². The summed E-state index contributed by atoms with van der Waals surface area (Å²) in [6.45, 7) is 1.11. The third-order valence-corrected chi connectivity index (χ3v) is 7.07. The van der Waals surface area contributed by atoms with Crippen LogP contribution in [0, 0.1) is 11.7 Å². The SMILES string of the molecule is O=C(Nc1ccc(F)c(C(F)(F)F)c1)Nc1cc(S(=O)(=O)NCC2CC2)ccc1C1=CCOCC1. The van der Waals surface area contributed by atoms with Gasteiger partial charge in [0.25, 0.3) is 0 Å². The van der Waals surface area contributed by atoms with Crippen LogP contribution < -0.4 is 15.4 Å². The highest BCUT2D eigenvalue weighted by atomic mass is 32.2. The van der Waals surface area contributed by atoms with Crippen LogP contribution in [-0.2, 0) is 20.9 Å². The largest absolute Gasteiger partial charge is 0.419 e. The van der Waals surface area contributed by atoms with Gasteiger partial charge in [0.2, 0.25) is 10.0 Å². The van der Waals surface area contributed by atoms with Crippen molar-refractivity contribution in [2.24, 2.45) is 5.92 Å². The number of nitrogens with one attached hydrogen (secondary N) is 3. The maximum absolute atomic E-state index is 13.6. The molecule has 0 bridgehead atoms. The molecule has 12 heteroatoms. The summed E-state index contributed by atoms with van der Waals surface area (Å²) in [5, 5.41) is 4.76. The predicted octanol–water partition coefficient (Wildman–Crippen LogP) is 4.98. The Labute approximate surface area is 199 Å². The molecule has 7 nitrogen and oxygen atoms in total. The van der Waals surface area contributed by atoms with E-state index in [-0.39, 0.29) is 16.3 Å². The fourth-order valence-corrected chi connectivity index (χ4v) is 4.73. The van der Waals surface area contributed by atoms with Gasteiger partial charge in [-0.15, -0.1) is 0 Å². The van der Waals surface area contributed by atoms with Crippen molar-refractivity contribution in [3.8, 4) is 0 Å². The first-order chi connectivity index (χ1) is 16.5. The number of carbonyl (C=O) groups is 1. The van der Waals surface area contributed by atoms with E-state index in [1.807, 2.05) is 0 Å². The van der Waals surface area contributed by atoms with Crippen molar-refractivity contribution >= 4 is 33.0 Å². The second kappa shape index (κ2) is 9.96. The van der Waals surface area contributed by atoms with Gasteiger partial charge in [-0.2, -0.15) is 13.2 Å². The average molecular weight is 514 g/mol. The second-order valence-electron chi connectivity index (χ2n) is 8.33. The Morgan fingerprint density at radius 2 is 1.86 bits per heavy atom. The fraction of sp³-hybridized carbons (Fsp3) is 0.348. The van der Waals surface area contributed by atoms with Crippen LogP contribution in [0.5, 0.6) is 0 Å². The molecule has 2 amide bonds. The highest BCUT2D eigenvalue weighted by Crippen LogP contribution is 2.34. The Kier molecular flexibility index (Phi) is 7.15. The van der Waals surface area contributed by atoms with E-state index in [0.717, 1.165) is 24.5 Å². The van der Waals surface area contributed by atoms with Gasteiger partial charge in [0, 0.05) is 17.8 Å². The van der Waals surface area contributed by atoms with Crippen molar-refractivity contribution in [1.82, 2.24) is 4.72 Å². The number of carbonyl (C=O) groups excluding carboxylic acids is 1. The zero-order valence-electron chi connectivity index (χ0n) is 18.4. The number of ether oxygens (including phenoxy) is 1. The van der Waals surface area contributed by atoms with Crippen molar-refractivity contribution in [2.45, 2.75) is 30.3 Å². The fourth-order valence-electron chi connectivity index (χ4n) is 3.58. The van der Waals surface area contributed by atoms with Gasteiger partial charge in [0.05, 0.1) is 29.4 Å². The number of sulfonamides is 1. The van der Waals surface area contributed by atoms with Crippen molar-refractivity contribution in [3.63, 3.8) is 0 Å². The normalized spacial score (nSPS) is 16.5. The van der Waals surface area contributed by atoms with E-state index >= 15 is 0 Å². The van der Waals surface area contributed by atoms with Crippen LogP contribution in [0.15, 0.2) is 47.4 Å². The number of hydrogen-bond acceptors (Lipinski definition) is 4. The van der Waals surface area contributed by atoms with Crippen LogP contribution in [0.2, 0.25) is 0 Å². The van der Waals surface area contributed by atoms with Crippen LogP contribution in [-0.4, -0.2) is 34.2 Å². The lowest BCUT2D eigenvalue weighted by molar-refractivity contribution is -0.139. The summed E-state index contributed by atoms with van der Waals surface area (Å²) in [7, 11) is -3.84. The number of amides is 2. The topological polar surface area (TPSA) is 96.5 Å². The average Bonchev–Trinajstić information content (AvgIpc) is 3.63.